The van der Waals surface area contributed by atoms with Crippen LogP contribution in [0, 0.1) is 0 Å². The molecule has 1 aromatic rings. The molecule has 2 N–H and O–H groups in total. The van der Waals surface area contributed by atoms with Gasteiger partial charge in [0.1, 0.15) is 11.9 Å². The fourth-order valence-electron chi connectivity index (χ4n) is 1.88. The van der Waals surface area contributed by atoms with Crippen molar-refractivity contribution in [3.63, 3.8) is 0 Å². The molecule has 16 heavy (non-hydrogen) atoms. The number of ether oxygens (including phenoxy) is 2. The maximum atomic E-state index is 5.90. The molecule has 0 aliphatic carbocycles. The highest BCUT2D eigenvalue weighted by Crippen LogP contribution is 2.24. The van der Waals surface area contributed by atoms with E-state index in [0.717, 1.165) is 24.1 Å². The maximum absolute atomic E-state index is 5.90. The maximum Gasteiger partial charge on any atom is 0.159 e. The van der Waals surface area contributed by atoms with Crippen LogP contribution in [0.4, 0.5) is 5.82 Å². The summed E-state index contributed by atoms with van der Waals surface area (Å²) in [4.78, 5) is 8.81. The van der Waals surface area contributed by atoms with Crippen molar-refractivity contribution >= 4 is 5.82 Å². The lowest BCUT2D eigenvalue weighted by Gasteiger charge is -2.20. The molecule has 1 unspecified atom stereocenters. The molecule has 1 atom stereocenters. The number of anilines is 1. The Hall–Kier alpha value is -1.20. The van der Waals surface area contributed by atoms with Crippen LogP contribution in [0.15, 0.2) is 0 Å². The first kappa shape index (κ1) is 11.3. The minimum atomic E-state index is -0.0737. The van der Waals surface area contributed by atoms with Crippen LogP contribution >= 0.6 is 0 Å². The molecule has 0 saturated heterocycles. The van der Waals surface area contributed by atoms with E-state index >= 15 is 0 Å². The molecule has 0 amide bonds. The van der Waals surface area contributed by atoms with Gasteiger partial charge in [0.15, 0.2) is 5.82 Å². The lowest BCUT2D eigenvalue weighted by atomic mass is 10.1. The zero-order valence-corrected chi connectivity index (χ0v) is 9.69. The minimum absolute atomic E-state index is 0.0737. The largest absolute Gasteiger partial charge is 0.383 e. The predicted molar refractivity (Wildman–Crippen MR) is 59.8 cm³/mol. The molecule has 0 saturated carbocycles. The second-order valence-corrected chi connectivity index (χ2v) is 3.83. The third-order valence-corrected chi connectivity index (χ3v) is 2.81. The second kappa shape index (κ2) is 4.76. The molecule has 2 rings (SSSR count). The first-order valence-corrected chi connectivity index (χ1v) is 5.52. The summed E-state index contributed by atoms with van der Waals surface area (Å²) in [5, 5.41) is 0. The van der Waals surface area contributed by atoms with Gasteiger partial charge in [0, 0.05) is 19.1 Å². The van der Waals surface area contributed by atoms with Crippen LogP contribution in [-0.4, -0.2) is 23.7 Å². The van der Waals surface area contributed by atoms with Gasteiger partial charge in [0.05, 0.1) is 18.9 Å². The van der Waals surface area contributed by atoms with Crippen LogP contribution in [0.1, 0.15) is 36.5 Å². The normalized spacial score (nSPS) is 16.9. The summed E-state index contributed by atoms with van der Waals surface area (Å²) >= 11 is 0. The number of hydrogen-bond donors (Lipinski definition) is 1. The summed E-state index contributed by atoms with van der Waals surface area (Å²) in [6.45, 7) is 3.26. The number of nitrogen functional groups attached to an aromatic ring is 1. The molecule has 1 aliphatic rings. The van der Waals surface area contributed by atoms with Crippen molar-refractivity contribution in [3.8, 4) is 0 Å². The van der Waals surface area contributed by atoms with E-state index in [2.05, 4.69) is 9.97 Å². The van der Waals surface area contributed by atoms with Crippen LogP contribution in [0.5, 0.6) is 0 Å². The molecule has 88 valence electrons. The first-order valence-electron chi connectivity index (χ1n) is 5.52. The van der Waals surface area contributed by atoms with E-state index in [1.165, 1.54) is 0 Å². The lowest BCUT2D eigenvalue weighted by Crippen LogP contribution is -2.18. The Morgan fingerprint density at radius 1 is 1.50 bits per heavy atom. The van der Waals surface area contributed by atoms with E-state index in [4.69, 9.17) is 15.2 Å². The Bertz CT molecular complexity index is 378. The van der Waals surface area contributed by atoms with Crippen molar-refractivity contribution in [2.75, 3.05) is 19.5 Å². The Morgan fingerprint density at radius 2 is 2.31 bits per heavy atom. The summed E-state index contributed by atoms with van der Waals surface area (Å²) < 4.78 is 10.7. The third-order valence-electron chi connectivity index (χ3n) is 2.81. The van der Waals surface area contributed by atoms with Crippen molar-refractivity contribution in [2.24, 2.45) is 0 Å². The Labute approximate surface area is 95.0 Å². The smallest absolute Gasteiger partial charge is 0.159 e. The number of nitrogens with two attached hydrogens (primary N) is 1. The Balaban J connectivity index is 2.38. The molecule has 0 fully saturated rings. The fraction of sp³-hybridized carbons (Fsp3) is 0.636. The van der Waals surface area contributed by atoms with Gasteiger partial charge < -0.3 is 15.2 Å². The van der Waals surface area contributed by atoms with E-state index in [0.29, 0.717) is 24.9 Å². The topological polar surface area (TPSA) is 70.3 Å². The number of methoxy groups -OCH3 is 1. The zero-order valence-electron chi connectivity index (χ0n) is 9.69. The SMILES string of the molecule is CCC(OC)c1nc(N)c2c(n1)CCOC2. The zero-order chi connectivity index (χ0) is 11.5. The van der Waals surface area contributed by atoms with Gasteiger partial charge in [-0.15, -0.1) is 0 Å². The number of rotatable bonds is 3. The fourth-order valence-corrected chi connectivity index (χ4v) is 1.88. The molecule has 0 radical (unpaired) electrons. The van der Waals surface area contributed by atoms with E-state index in [1.54, 1.807) is 7.11 Å². The summed E-state index contributed by atoms with van der Waals surface area (Å²) in [5.41, 5.74) is 7.84. The number of aromatic nitrogens is 2. The first-order chi connectivity index (χ1) is 7.76. The standard InChI is InChI=1S/C11H17N3O2/c1-3-9(15-2)11-13-8-4-5-16-6-7(8)10(12)14-11/h9H,3-6H2,1-2H3,(H2,12,13,14). The number of hydrogen-bond acceptors (Lipinski definition) is 5. The molecule has 2 heterocycles. The van der Waals surface area contributed by atoms with Gasteiger partial charge >= 0.3 is 0 Å². The van der Waals surface area contributed by atoms with Gasteiger partial charge in [0.2, 0.25) is 0 Å². The molecule has 5 nitrogen and oxygen atoms in total. The summed E-state index contributed by atoms with van der Waals surface area (Å²) in [6, 6.07) is 0. The van der Waals surface area contributed by atoms with Gasteiger partial charge in [-0.3, -0.25) is 0 Å². The molecule has 1 aliphatic heterocycles. The molecular formula is C11H17N3O2. The van der Waals surface area contributed by atoms with Crippen molar-refractivity contribution in [1.82, 2.24) is 9.97 Å². The number of fused-ring (bicyclic) bond motifs is 1. The molecule has 0 bridgehead atoms. The van der Waals surface area contributed by atoms with Crippen LogP contribution in [0.2, 0.25) is 0 Å². The summed E-state index contributed by atoms with van der Waals surface area (Å²) in [7, 11) is 1.66. The highest BCUT2D eigenvalue weighted by Gasteiger charge is 2.19. The molecule has 0 spiro atoms. The van der Waals surface area contributed by atoms with E-state index in [1.807, 2.05) is 6.92 Å². The minimum Gasteiger partial charge on any atom is -0.383 e. The van der Waals surface area contributed by atoms with Crippen molar-refractivity contribution in [3.05, 3.63) is 17.1 Å². The van der Waals surface area contributed by atoms with Crippen molar-refractivity contribution < 1.29 is 9.47 Å². The highest BCUT2D eigenvalue weighted by molar-refractivity contribution is 5.43. The highest BCUT2D eigenvalue weighted by atomic mass is 16.5. The predicted octanol–water partition coefficient (Wildman–Crippen LogP) is 1.23. The number of nitrogens with zero attached hydrogens (tertiary/aromatic N) is 2. The van der Waals surface area contributed by atoms with E-state index in [9.17, 15) is 0 Å². The van der Waals surface area contributed by atoms with Crippen LogP contribution in [0.3, 0.4) is 0 Å². The average Bonchev–Trinajstić information content (AvgIpc) is 2.31. The van der Waals surface area contributed by atoms with Gasteiger partial charge in [-0.2, -0.15) is 0 Å². The van der Waals surface area contributed by atoms with E-state index < -0.39 is 0 Å². The second-order valence-electron chi connectivity index (χ2n) is 3.83. The monoisotopic (exact) mass is 223 g/mol. The molecule has 1 aromatic heterocycles. The molecular weight excluding hydrogens is 206 g/mol. The molecule has 0 aromatic carbocycles. The van der Waals surface area contributed by atoms with Crippen molar-refractivity contribution in [2.45, 2.75) is 32.5 Å². The molecule has 5 heteroatoms. The van der Waals surface area contributed by atoms with Gasteiger partial charge in [-0.05, 0) is 6.42 Å². The van der Waals surface area contributed by atoms with Gasteiger partial charge in [0.25, 0.3) is 0 Å². The Kier molecular flexibility index (Phi) is 3.36. The quantitative estimate of drug-likeness (QED) is 0.834. The van der Waals surface area contributed by atoms with Crippen LogP contribution in [0.25, 0.3) is 0 Å². The third kappa shape index (κ3) is 2.01. The van der Waals surface area contributed by atoms with Crippen LogP contribution < -0.4 is 5.73 Å². The summed E-state index contributed by atoms with van der Waals surface area (Å²) in [6.07, 6.45) is 1.57. The van der Waals surface area contributed by atoms with Crippen molar-refractivity contribution in [1.29, 1.82) is 0 Å². The lowest BCUT2D eigenvalue weighted by molar-refractivity contribution is 0.0895. The van der Waals surface area contributed by atoms with Gasteiger partial charge in [-0.1, -0.05) is 6.92 Å². The Morgan fingerprint density at radius 3 is 3.00 bits per heavy atom. The van der Waals surface area contributed by atoms with Crippen LogP contribution in [-0.2, 0) is 22.5 Å². The van der Waals surface area contributed by atoms with Gasteiger partial charge in [-0.25, -0.2) is 9.97 Å². The summed E-state index contributed by atoms with van der Waals surface area (Å²) in [5.74, 6) is 1.21. The average molecular weight is 223 g/mol. The van der Waals surface area contributed by atoms with E-state index in [-0.39, 0.29) is 6.10 Å².